The molecule has 2 aromatic rings. The van der Waals surface area contributed by atoms with E-state index >= 15 is 0 Å². The summed E-state index contributed by atoms with van der Waals surface area (Å²) in [6, 6.07) is 8.96. The number of hydrogen-bond donors (Lipinski definition) is 1. The van der Waals surface area contributed by atoms with Crippen LogP contribution in [-0.2, 0) is 6.18 Å². The van der Waals surface area contributed by atoms with Gasteiger partial charge in [-0.25, -0.2) is 4.39 Å². The van der Waals surface area contributed by atoms with E-state index in [0.717, 1.165) is 18.7 Å². The maximum Gasteiger partial charge on any atom is 0.416 e. The average molecular weight is 434 g/mol. The molecule has 1 fully saturated rings. The molecule has 5 nitrogen and oxygen atoms in total. The van der Waals surface area contributed by atoms with Crippen molar-refractivity contribution in [1.82, 2.24) is 4.90 Å². The molecule has 1 saturated heterocycles. The van der Waals surface area contributed by atoms with Crippen LogP contribution in [0.3, 0.4) is 0 Å². The van der Waals surface area contributed by atoms with Gasteiger partial charge in [0.1, 0.15) is 11.5 Å². The van der Waals surface area contributed by atoms with Crippen molar-refractivity contribution in [2.75, 3.05) is 25.0 Å². The normalized spacial score (nSPS) is 17.9. The Morgan fingerprint density at radius 3 is 2.48 bits per heavy atom. The summed E-state index contributed by atoms with van der Waals surface area (Å²) in [5.74, 6) is -0.391. The number of alkyl halides is 3. The number of benzene rings is 2. The summed E-state index contributed by atoms with van der Waals surface area (Å²) in [6.07, 6.45) is -2.14. The molecule has 0 radical (unpaired) electrons. The van der Waals surface area contributed by atoms with Crippen LogP contribution in [0.1, 0.15) is 41.6 Å². The van der Waals surface area contributed by atoms with Gasteiger partial charge in [0.2, 0.25) is 0 Å². The van der Waals surface area contributed by atoms with Crippen LogP contribution in [0.5, 0.6) is 0 Å². The highest BCUT2D eigenvalue weighted by molar-refractivity contribution is 5.95. The summed E-state index contributed by atoms with van der Waals surface area (Å²) in [7, 11) is 0. The second kappa shape index (κ2) is 8.37. The summed E-state index contributed by atoms with van der Waals surface area (Å²) in [5.41, 5.74) is -0.155. The third-order valence-electron chi connectivity index (χ3n) is 5.77. The van der Waals surface area contributed by atoms with Gasteiger partial charge in [-0.05, 0) is 55.4 Å². The predicted octanol–water partition coefficient (Wildman–Crippen LogP) is 5.81. The molecule has 4 rings (SSSR count). The number of hydrogen-bond acceptors (Lipinski definition) is 5. The molecule has 31 heavy (non-hydrogen) atoms. The fourth-order valence-electron chi connectivity index (χ4n) is 3.94. The van der Waals surface area contributed by atoms with Crippen LogP contribution in [0, 0.1) is 5.82 Å². The molecular formula is C22H22F4N4O. The summed E-state index contributed by atoms with van der Waals surface area (Å²) in [6.45, 7) is 2.13. The lowest BCUT2D eigenvalue weighted by Crippen LogP contribution is -2.48. The molecule has 2 aliphatic rings. The van der Waals surface area contributed by atoms with E-state index in [1.165, 1.54) is 30.3 Å². The number of carbonyl (C=O) groups excluding carboxylic acids is 1. The zero-order valence-corrected chi connectivity index (χ0v) is 16.8. The molecule has 1 spiro atoms. The second-order valence-electron chi connectivity index (χ2n) is 7.96. The Labute approximate surface area is 177 Å². The molecule has 2 heterocycles. The van der Waals surface area contributed by atoms with Crippen LogP contribution in [0.2, 0.25) is 0 Å². The van der Waals surface area contributed by atoms with Crippen molar-refractivity contribution in [3.05, 3.63) is 59.4 Å². The Morgan fingerprint density at radius 1 is 1.10 bits per heavy atom. The molecule has 9 heteroatoms. The zero-order valence-electron chi connectivity index (χ0n) is 16.8. The number of halogens is 4. The van der Waals surface area contributed by atoms with Crippen molar-refractivity contribution in [2.24, 2.45) is 10.2 Å². The number of carbonyl (C=O) groups is 1. The lowest BCUT2D eigenvalue weighted by Gasteiger charge is -2.41. The third-order valence-corrected chi connectivity index (χ3v) is 5.77. The maximum absolute atomic E-state index is 13.0. The first-order valence-corrected chi connectivity index (χ1v) is 10.2. The highest BCUT2D eigenvalue weighted by atomic mass is 19.4. The van der Waals surface area contributed by atoms with Crippen molar-refractivity contribution >= 4 is 17.2 Å². The van der Waals surface area contributed by atoms with E-state index in [-0.39, 0.29) is 11.6 Å². The molecule has 0 unspecified atom stereocenters. The first-order chi connectivity index (χ1) is 14.7. The van der Waals surface area contributed by atoms with Crippen LogP contribution in [0.25, 0.3) is 0 Å². The number of fused-ring (bicyclic) bond motifs is 1. The lowest BCUT2D eigenvalue weighted by atomic mass is 9.95. The smallest absolute Gasteiger partial charge is 0.358 e. The SMILES string of the molecule is O=C(CCCN1CCC2(CC1)N=Nc1ccc(C(F)(F)F)cc1N2)c1ccc(F)cc1. The largest absolute Gasteiger partial charge is 0.416 e. The highest BCUT2D eigenvalue weighted by Gasteiger charge is 2.38. The number of rotatable bonds is 5. The van der Waals surface area contributed by atoms with Gasteiger partial charge in [0.05, 0.1) is 11.3 Å². The molecule has 0 aliphatic carbocycles. The van der Waals surface area contributed by atoms with Gasteiger partial charge in [0.15, 0.2) is 11.4 Å². The van der Waals surface area contributed by atoms with Gasteiger partial charge in [-0.1, -0.05) is 0 Å². The Kier molecular flexibility index (Phi) is 5.79. The Bertz CT molecular complexity index is 980. The molecule has 1 N–H and O–H groups in total. The molecule has 2 aliphatic heterocycles. The Balaban J connectivity index is 1.29. The maximum atomic E-state index is 13.0. The van der Waals surface area contributed by atoms with Gasteiger partial charge >= 0.3 is 6.18 Å². The van der Waals surface area contributed by atoms with Crippen molar-refractivity contribution in [3.63, 3.8) is 0 Å². The van der Waals surface area contributed by atoms with E-state index in [1.807, 2.05) is 0 Å². The molecule has 0 atom stereocenters. The molecule has 0 amide bonds. The van der Waals surface area contributed by atoms with Crippen molar-refractivity contribution in [3.8, 4) is 0 Å². The summed E-state index contributed by atoms with van der Waals surface area (Å²) in [4.78, 5) is 14.4. The average Bonchev–Trinajstić information content (AvgIpc) is 2.74. The Hall–Kier alpha value is -2.81. The van der Waals surface area contributed by atoms with E-state index in [4.69, 9.17) is 0 Å². The summed E-state index contributed by atoms with van der Waals surface area (Å²) >= 11 is 0. The number of anilines is 1. The molecular weight excluding hydrogens is 412 g/mol. The molecule has 164 valence electrons. The van der Waals surface area contributed by atoms with Gasteiger partial charge in [-0.3, -0.25) is 4.79 Å². The number of nitrogens with zero attached hydrogens (tertiary/aromatic N) is 3. The second-order valence-corrected chi connectivity index (χ2v) is 7.96. The predicted molar refractivity (Wildman–Crippen MR) is 108 cm³/mol. The monoisotopic (exact) mass is 434 g/mol. The van der Waals surface area contributed by atoms with Crippen molar-refractivity contribution in [1.29, 1.82) is 0 Å². The highest BCUT2D eigenvalue weighted by Crippen LogP contribution is 2.41. The molecule has 0 saturated carbocycles. The van der Waals surface area contributed by atoms with Crippen molar-refractivity contribution < 1.29 is 22.4 Å². The van der Waals surface area contributed by atoms with Gasteiger partial charge in [-0.15, -0.1) is 0 Å². The number of nitrogens with one attached hydrogen (secondary N) is 1. The topological polar surface area (TPSA) is 57.1 Å². The van der Waals surface area contributed by atoms with Gasteiger partial charge < -0.3 is 10.2 Å². The van der Waals surface area contributed by atoms with Crippen LogP contribution in [0.15, 0.2) is 52.7 Å². The fraction of sp³-hybridized carbons (Fsp3) is 0.409. The quantitative estimate of drug-likeness (QED) is 0.477. The van der Waals surface area contributed by atoms with Crippen LogP contribution in [-0.4, -0.2) is 36.0 Å². The zero-order chi connectivity index (χ0) is 22.1. The molecule has 0 aromatic heterocycles. The minimum atomic E-state index is -4.41. The van der Waals surface area contributed by atoms with E-state index in [9.17, 15) is 22.4 Å². The van der Waals surface area contributed by atoms with Crippen LogP contribution >= 0.6 is 0 Å². The van der Waals surface area contributed by atoms with E-state index in [2.05, 4.69) is 20.4 Å². The number of Topliss-reactive ketones (excluding diaryl/α,β-unsaturated/α-hetero) is 1. The summed E-state index contributed by atoms with van der Waals surface area (Å²) < 4.78 is 52.0. The molecule has 2 aromatic carbocycles. The van der Waals surface area contributed by atoms with Gasteiger partial charge in [0.25, 0.3) is 0 Å². The molecule has 0 bridgehead atoms. The van der Waals surface area contributed by atoms with E-state index in [0.29, 0.717) is 55.7 Å². The van der Waals surface area contributed by atoms with Gasteiger partial charge in [-0.2, -0.15) is 23.4 Å². The van der Waals surface area contributed by atoms with E-state index < -0.39 is 17.4 Å². The summed E-state index contributed by atoms with van der Waals surface area (Å²) in [5, 5.41) is 11.7. The van der Waals surface area contributed by atoms with E-state index in [1.54, 1.807) is 0 Å². The van der Waals surface area contributed by atoms with Crippen LogP contribution < -0.4 is 5.32 Å². The number of likely N-dealkylation sites (tertiary alicyclic amines) is 1. The standard InChI is InChI=1S/C22H22F4N4O/c23-17-6-3-15(4-7-17)20(31)2-1-11-30-12-9-21(10-13-30)27-19-14-16(22(24,25)26)5-8-18(19)28-29-21/h3-8,14,27H,1-2,9-13H2. The van der Waals surface area contributed by atoms with Crippen LogP contribution in [0.4, 0.5) is 28.9 Å². The number of piperidine rings is 1. The minimum absolute atomic E-state index is 0.0201. The fourth-order valence-corrected chi connectivity index (χ4v) is 3.94. The van der Waals surface area contributed by atoms with Gasteiger partial charge in [0, 0.05) is 37.9 Å². The first kappa shape index (κ1) is 21.4. The van der Waals surface area contributed by atoms with Crippen molar-refractivity contribution in [2.45, 2.75) is 37.5 Å². The third kappa shape index (κ3) is 4.92. The minimum Gasteiger partial charge on any atom is -0.358 e. The lowest BCUT2D eigenvalue weighted by molar-refractivity contribution is -0.137. The first-order valence-electron chi connectivity index (χ1n) is 10.2. The number of azo groups is 1. The number of ketones is 1. The Morgan fingerprint density at radius 2 is 1.81 bits per heavy atom.